The van der Waals surface area contributed by atoms with Gasteiger partial charge in [0, 0.05) is 6.04 Å². The number of hydrogen-bond acceptors (Lipinski definition) is 7. The largest absolute Gasteiger partial charge is 0.497 e. The molecule has 2 N–H and O–H groups in total. The van der Waals surface area contributed by atoms with Crippen molar-refractivity contribution in [3.05, 3.63) is 54.1 Å². The molecule has 0 radical (unpaired) electrons. The summed E-state index contributed by atoms with van der Waals surface area (Å²) in [7, 11) is 1.60. The van der Waals surface area contributed by atoms with Crippen LogP contribution in [0.2, 0.25) is 0 Å². The number of fused-ring (bicyclic) bond motifs is 1. The van der Waals surface area contributed by atoms with Crippen LogP contribution < -0.4 is 15.2 Å². The fourth-order valence-corrected chi connectivity index (χ4v) is 5.40. The number of benzene rings is 2. The van der Waals surface area contributed by atoms with Gasteiger partial charge in [0.1, 0.15) is 23.8 Å². The van der Waals surface area contributed by atoms with Crippen LogP contribution in [0.4, 0.5) is 0 Å². The monoisotopic (exact) mass is 479 g/mol. The molecule has 3 unspecified atom stereocenters. The second-order valence-corrected chi connectivity index (χ2v) is 9.23. The van der Waals surface area contributed by atoms with E-state index in [0.717, 1.165) is 32.1 Å². The van der Waals surface area contributed by atoms with Crippen molar-refractivity contribution in [3.8, 4) is 17.2 Å². The third-order valence-electron chi connectivity index (χ3n) is 6.98. The highest BCUT2D eigenvalue weighted by Crippen LogP contribution is 2.46. The first-order valence-electron chi connectivity index (χ1n) is 12.0. The van der Waals surface area contributed by atoms with Crippen molar-refractivity contribution in [2.75, 3.05) is 13.7 Å². The van der Waals surface area contributed by atoms with Gasteiger partial charge in [0.15, 0.2) is 6.10 Å². The van der Waals surface area contributed by atoms with Crippen molar-refractivity contribution in [2.24, 2.45) is 11.7 Å². The quantitative estimate of drug-likeness (QED) is 0.608. The van der Waals surface area contributed by atoms with Crippen molar-refractivity contribution < 1.29 is 28.7 Å². The van der Waals surface area contributed by atoms with Gasteiger partial charge in [-0.1, -0.05) is 31.4 Å². The topological polar surface area (TPSA) is 111 Å². The minimum atomic E-state index is -0.958. The number of likely N-dealkylation sites (tertiary alicyclic amines) is 1. The maximum Gasteiger partial charge on any atom is 0.261 e. The average Bonchev–Trinajstić information content (AvgIpc) is 3.34. The molecule has 35 heavy (non-hydrogen) atoms. The van der Waals surface area contributed by atoms with E-state index < -0.39 is 24.0 Å². The average molecular weight is 480 g/mol. The Labute approximate surface area is 203 Å². The molecule has 0 aromatic heterocycles. The minimum Gasteiger partial charge on any atom is -0.497 e. The van der Waals surface area contributed by atoms with Crippen LogP contribution in [0.15, 0.2) is 48.5 Å². The number of nitrogens with zero attached hydrogens (tertiary/aromatic N) is 2. The third-order valence-corrected chi connectivity index (χ3v) is 6.98. The molecule has 184 valence electrons. The van der Waals surface area contributed by atoms with Crippen molar-refractivity contribution >= 4 is 17.7 Å². The Morgan fingerprint density at radius 2 is 1.71 bits per heavy atom. The second kappa shape index (κ2) is 9.67. The number of carbonyl (C=O) groups is 3. The SMILES string of the molecule is COc1ccc(Oc2cccc(C3C4C(=O)N(C5CCCCC5)C(=O)C4ON3CC(N)=O)c2)cc1. The first kappa shape index (κ1) is 23.3. The lowest BCUT2D eigenvalue weighted by Crippen LogP contribution is -2.45. The molecule has 3 fully saturated rings. The van der Waals surface area contributed by atoms with E-state index in [1.165, 1.54) is 9.96 Å². The molecular formula is C26H29N3O6. The number of nitrogens with two attached hydrogens (primary N) is 1. The Balaban J connectivity index is 1.44. The maximum atomic E-state index is 13.6. The molecule has 2 aromatic rings. The number of ether oxygens (including phenoxy) is 2. The fourth-order valence-electron chi connectivity index (χ4n) is 5.40. The first-order chi connectivity index (χ1) is 17.0. The maximum absolute atomic E-state index is 13.6. The van der Waals surface area contributed by atoms with Crippen LogP contribution in [0, 0.1) is 5.92 Å². The van der Waals surface area contributed by atoms with Crippen LogP contribution in [-0.4, -0.2) is 53.5 Å². The zero-order chi connectivity index (χ0) is 24.5. The van der Waals surface area contributed by atoms with E-state index in [-0.39, 0.29) is 24.4 Å². The van der Waals surface area contributed by atoms with Gasteiger partial charge in [-0.2, -0.15) is 5.06 Å². The summed E-state index contributed by atoms with van der Waals surface area (Å²) in [6.45, 7) is -0.231. The highest BCUT2D eigenvalue weighted by molar-refractivity contribution is 6.07. The Morgan fingerprint density at radius 1 is 1.00 bits per heavy atom. The van der Waals surface area contributed by atoms with E-state index in [1.807, 2.05) is 12.1 Å². The standard InChI is InChI=1S/C26H29N3O6/c1-33-18-10-12-19(13-11-18)34-20-9-5-6-16(14-20)23-22-24(35-28(23)15-21(27)30)26(32)29(25(22)31)17-7-3-2-4-8-17/h5-6,9-14,17,22-24H,2-4,7-8,15H2,1H3,(H2,27,30). The molecule has 9 heteroatoms. The number of rotatable bonds is 7. The van der Waals surface area contributed by atoms with E-state index in [4.69, 9.17) is 20.0 Å². The first-order valence-corrected chi connectivity index (χ1v) is 12.0. The van der Waals surface area contributed by atoms with Gasteiger partial charge in [0.05, 0.1) is 19.1 Å². The molecule has 0 bridgehead atoms. The van der Waals surface area contributed by atoms with E-state index in [2.05, 4.69) is 0 Å². The number of hydroxylamine groups is 2. The molecule has 3 amide bonds. The van der Waals surface area contributed by atoms with Gasteiger partial charge >= 0.3 is 0 Å². The Kier molecular flexibility index (Phi) is 6.44. The van der Waals surface area contributed by atoms with Crippen LogP contribution in [0.25, 0.3) is 0 Å². The van der Waals surface area contributed by atoms with Gasteiger partial charge in [-0.25, -0.2) is 0 Å². The van der Waals surface area contributed by atoms with Crippen LogP contribution in [0.1, 0.15) is 43.7 Å². The van der Waals surface area contributed by atoms with Crippen molar-refractivity contribution in [1.82, 2.24) is 9.96 Å². The summed E-state index contributed by atoms with van der Waals surface area (Å²) in [6.07, 6.45) is 3.79. The molecule has 2 aromatic carbocycles. The molecule has 3 atom stereocenters. The third kappa shape index (κ3) is 4.49. The minimum absolute atomic E-state index is 0.0899. The number of carbonyl (C=O) groups excluding carboxylic acids is 3. The molecular weight excluding hydrogens is 450 g/mol. The van der Waals surface area contributed by atoms with Gasteiger partial charge in [-0.15, -0.1) is 0 Å². The zero-order valence-electron chi connectivity index (χ0n) is 19.6. The summed E-state index contributed by atoms with van der Waals surface area (Å²) in [5, 5.41) is 1.37. The Hall–Kier alpha value is -3.43. The molecule has 0 spiro atoms. The summed E-state index contributed by atoms with van der Waals surface area (Å²) in [5.41, 5.74) is 6.16. The number of imide groups is 1. The molecule has 9 nitrogen and oxygen atoms in total. The van der Waals surface area contributed by atoms with E-state index in [9.17, 15) is 14.4 Å². The molecule has 5 rings (SSSR count). The summed E-state index contributed by atoms with van der Waals surface area (Å²) < 4.78 is 11.2. The smallest absolute Gasteiger partial charge is 0.261 e. The lowest BCUT2D eigenvalue weighted by atomic mass is 9.90. The molecule has 1 saturated carbocycles. The molecule has 2 saturated heterocycles. The van der Waals surface area contributed by atoms with Crippen LogP contribution in [0.3, 0.4) is 0 Å². The molecule has 2 aliphatic heterocycles. The highest BCUT2D eigenvalue weighted by atomic mass is 16.7. The molecule has 3 aliphatic rings. The molecule has 1 aliphatic carbocycles. The number of hydrogen-bond donors (Lipinski definition) is 1. The number of primary amides is 1. The van der Waals surface area contributed by atoms with Gasteiger partial charge in [0.25, 0.3) is 5.91 Å². The summed E-state index contributed by atoms with van der Waals surface area (Å²) in [6, 6.07) is 13.7. The van der Waals surface area contributed by atoms with Crippen molar-refractivity contribution in [3.63, 3.8) is 0 Å². The van der Waals surface area contributed by atoms with Gasteiger partial charge in [0.2, 0.25) is 11.8 Å². The fraction of sp³-hybridized carbons (Fsp3) is 0.423. The van der Waals surface area contributed by atoms with Gasteiger partial charge in [-0.3, -0.25) is 24.1 Å². The van der Waals surface area contributed by atoms with E-state index in [0.29, 0.717) is 22.8 Å². The van der Waals surface area contributed by atoms with Crippen LogP contribution in [-0.2, 0) is 19.2 Å². The highest BCUT2D eigenvalue weighted by Gasteiger charge is 2.60. The van der Waals surface area contributed by atoms with Gasteiger partial charge < -0.3 is 15.2 Å². The van der Waals surface area contributed by atoms with Crippen molar-refractivity contribution in [1.29, 1.82) is 0 Å². The predicted molar refractivity (Wildman–Crippen MR) is 125 cm³/mol. The van der Waals surface area contributed by atoms with E-state index >= 15 is 0 Å². The van der Waals surface area contributed by atoms with E-state index in [1.54, 1.807) is 43.5 Å². The predicted octanol–water partition coefficient (Wildman–Crippen LogP) is 2.95. The summed E-state index contributed by atoms with van der Waals surface area (Å²) in [4.78, 5) is 46.0. The normalized spacial score (nSPS) is 25.1. The lowest BCUT2D eigenvalue weighted by molar-refractivity contribution is -0.183. The number of methoxy groups -OCH3 is 1. The lowest BCUT2D eigenvalue weighted by Gasteiger charge is -2.32. The summed E-state index contributed by atoms with van der Waals surface area (Å²) in [5.74, 6) is -0.0390. The van der Waals surface area contributed by atoms with Crippen molar-refractivity contribution in [2.45, 2.75) is 50.3 Å². The Bertz CT molecular complexity index is 1110. The van der Waals surface area contributed by atoms with Crippen LogP contribution in [0.5, 0.6) is 17.2 Å². The zero-order valence-corrected chi connectivity index (χ0v) is 19.6. The van der Waals surface area contributed by atoms with Crippen LogP contribution >= 0.6 is 0 Å². The Morgan fingerprint density at radius 3 is 2.40 bits per heavy atom. The summed E-state index contributed by atoms with van der Waals surface area (Å²) >= 11 is 0. The van der Waals surface area contributed by atoms with Gasteiger partial charge in [-0.05, 0) is 54.8 Å². The second-order valence-electron chi connectivity index (χ2n) is 9.23. The molecule has 2 heterocycles. The number of amides is 3.